The summed E-state index contributed by atoms with van der Waals surface area (Å²) in [6.45, 7) is 7.51. The molecule has 0 bridgehead atoms. The number of anilines is 6. The number of halogens is 10. The predicted octanol–water partition coefficient (Wildman–Crippen LogP) is 17.9. The van der Waals surface area contributed by atoms with Gasteiger partial charge in [-0.15, -0.1) is 0 Å². The molecule has 0 amide bonds. The highest BCUT2D eigenvalue weighted by Gasteiger charge is 2.33. The van der Waals surface area contributed by atoms with E-state index in [-0.39, 0.29) is 33.8 Å². The fraction of sp³-hybridized carbons (Fsp3) is 0.0357. The molecule has 0 N–H and O–H groups in total. The minimum atomic E-state index is -4.74. The van der Waals surface area contributed by atoms with Gasteiger partial charge in [0.25, 0.3) is 0 Å². The van der Waals surface area contributed by atoms with Crippen LogP contribution < -0.4 is 9.80 Å². The van der Waals surface area contributed by atoms with E-state index >= 15 is 17.6 Å². The Morgan fingerprint density at radius 3 is 1.26 bits per heavy atom. The highest BCUT2D eigenvalue weighted by molar-refractivity contribution is 6.28. The Morgan fingerprint density at radius 1 is 0.443 bits per heavy atom. The first-order chi connectivity index (χ1) is 33.5. The van der Waals surface area contributed by atoms with E-state index in [9.17, 15) is 31.6 Å². The van der Waals surface area contributed by atoms with Gasteiger partial charge >= 0.3 is 12.4 Å². The first kappa shape index (κ1) is 44.9. The van der Waals surface area contributed by atoms with Gasteiger partial charge in [-0.25, -0.2) is 22.4 Å². The predicted molar refractivity (Wildman–Crippen MR) is 251 cm³/mol. The SMILES string of the molecule is [C-]#[N+]c1ccc(N(c2cc(F)c(-c3cccc(C(F)(F)F)c3)cc2F)c2ccc3ccc4c(N(c5ccc(C#N)cc5)c5cc(F)c(-c6cccc(C(F)(F)F)c6)cc5F)ccc5ccc2c3c54)cc1. The summed E-state index contributed by atoms with van der Waals surface area (Å²) in [5.74, 6) is -4.01. The van der Waals surface area contributed by atoms with E-state index in [0.29, 0.717) is 55.1 Å². The Kier molecular flexibility index (Phi) is 10.9. The van der Waals surface area contributed by atoms with Crippen LogP contribution in [-0.2, 0) is 12.4 Å². The Hall–Kier alpha value is -8.88. The van der Waals surface area contributed by atoms with E-state index in [2.05, 4.69) is 4.85 Å². The van der Waals surface area contributed by atoms with Crippen molar-refractivity contribution in [2.45, 2.75) is 12.4 Å². The summed E-state index contributed by atoms with van der Waals surface area (Å²) in [5.41, 5.74) is -2.16. The second-order valence-corrected chi connectivity index (χ2v) is 16.3. The van der Waals surface area contributed by atoms with Crippen molar-refractivity contribution in [1.29, 1.82) is 5.26 Å². The van der Waals surface area contributed by atoms with Crippen LogP contribution in [0.2, 0.25) is 0 Å². The zero-order chi connectivity index (χ0) is 49.2. The molecule has 4 nitrogen and oxygen atoms in total. The molecule has 0 aliphatic carbocycles. The van der Waals surface area contributed by atoms with E-state index in [0.717, 1.165) is 60.7 Å². The van der Waals surface area contributed by atoms with Gasteiger partial charge in [0.15, 0.2) is 5.69 Å². The maximum atomic E-state index is 16.8. The molecule has 70 heavy (non-hydrogen) atoms. The molecule has 0 unspecified atom stereocenters. The summed E-state index contributed by atoms with van der Waals surface area (Å²) in [7, 11) is 0. The second-order valence-electron chi connectivity index (χ2n) is 16.3. The minimum absolute atomic E-state index is 0.200. The number of rotatable bonds is 8. The highest BCUT2D eigenvalue weighted by Crippen LogP contribution is 2.49. The van der Waals surface area contributed by atoms with E-state index < -0.39 is 57.9 Å². The van der Waals surface area contributed by atoms with Crippen molar-refractivity contribution in [2.24, 2.45) is 0 Å². The van der Waals surface area contributed by atoms with Crippen LogP contribution in [-0.4, -0.2) is 0 Å². The molecule has 10 aromatic rings. The number of benzene rings is 10. The summed E-state index contributed by atoms with van der Waals surface area (Å²) in [5, 5.41) is 13.2. The van der Waals surface area contributed by atoms with Crippen molar-refractivity contribution in [3.05, 3.63) is 221 Å². The normalized spacial score (nSPS) is 11.8. The molecule has 0 spiro atoms. The Balaban J connectivity index is 1.18. The molecule has 0 saturated heterocycles. The van der Waals surface area contributed by atoms with Gasteiger partial charge in [0.05, 0.1) is 52.1 Å². The molecule has 0 aromatic heterocycles. The molecule has 0 saturated carbocycles. The Morgan fingerprint density at radius 2 is 0.857 bits per heavy atom. The largest absolute Gasteiger partial charge is 0.416 e. The van der Waals surface area contributed by atoms with Crippen molar-refractivity contribution >= 4 is 72.1 Å². The van der Waals surface area contributed by atoms with Crippen LogP contribution in [0.3, 0.4) is 0 Å². The van der Waals surface area contributed by atoms with Crippen LogP contribution in [0, 0.1) is 41.2 Å². The molecule has 14 heteroatoms. The lowest BCUT2D eigenvalue weighted by atomic mass is 9.91. The summed E-state index contributed by atoms with van der Waals surface area (Å²) < 4.78 is 148. The molecule has 10 aromatic carbocycles. The molecule has 0 aliphatic heterocycles. The van der Waals surface area contributed by atoms with Gasteiger partial charge in [-0.2, -0.15) is 31.6 Å². The van der Waals surface area contributed by atoms with Crippen LogP contribution >= 0.6 is 0 Å². The summed E-state index contributed by atoms with van der Waals surface area (Å²) in [4.78, 5) is 6.32. The lowest BCUT2D eigenvalue weighted by Gasteiger charge is -2.30. The maximum Gasteiger partial charge on any atom is 0.416 e. The number of nitrogens with zero attached hydrogens (tertiary/aromatic N) is 4. The second kappa shape index (κ2) is 17.0. The smallest absolute Gasteiger partial charge is 0.307 e. The van der Waals surface area contributed by atoms with Gasteiger partial charge < -0.3 is 9.80 Å². The van der Waals surface area contributed by atoms with Crippen molar-refractivity contribution < 1.29 is 43.9 Å². The number of hydrogen-bond donors (Lipinski definition) is 0. The Bertz CT molecular complexity index is 3530. The van der Waals surface area contributed by atoms with Gasteiger partial charge in [-0.1, -0.05) is 72.8 Å². The van der Waals surface area contributed by atoms with Crippen molar-refractivity contribution in [2.75, 3.05) is 9.80 Å². The van der Waals surface area contributed by atoms with Gasteiger partial charge in [0.1, 0.15) is 23.3 Å². The van der Waals surface area contributed by atoms with E-state index in [1.807, 2.05) is 6.07 Å². The molecule has 342 valence electrons. The van der Waals surface area contributed by atoms with Gasteiger partial charge in [0.2, 0.25) is 0 Å². The topological polar surface area (TPSA) is 34.6 Å². The number of alkyl halides is 6. The fourth-order valence-electron chi connectivity index (χ4n) is 8.92. The molecule has 10 rings (SSSR count). The third-order valence-electron chi connectivity index (χ3n) is 12.1. The average molecular weight is 947 g/mol. The zero-order valence-corrected chi connectivity index (χ0v) is 35.7. The molecule has 0 heterocycles. The third-order valence-corrected chi connectivity index (χ3v) is 12.1. The highest BCUT2D eigenvalue weighted by atomic mass is 19.4. The quantitative estimate of drug-likeness (QED) is 0.0865. The zero-order valence-electron chi connectivity index (χ0n) is 35.7. The minimum Gasteiger partial charge on any atom is -0.307 e. The van der Waals surface area contributed by atoms with Crippen LogP contribution in [0.1, 0.15) is 16.7 Å². The third kappa shape index (κ3) is 7.89. The number of hydrogen-bond acceptors (Lipinski definition) is 3. The van der Waals surface area contributed by atoms with Crippen LogP contribution in [0.4, 0.5) is 83.7 Å². The average Bonchev–Trinajstić information content (AvgIpc) is 3.35. The van der Waals surface area contributed by atoms with E-state index in [1.54, 1.807) is 60.7 Å². The monoisotopic (exact) mass is 946 g/mol. The van der Waals surface area contributed by atoms with Crippen LogP contribution in [0.5, 0.6) is 0 Å². The van der Waals surface area contributed by atoms with Crippen LogP contribution in [0.15, 0.2) is 170 Å². The van der Waals surface area contributed by atoms with Crippen molar-refractivity contribution in [3.63, 3.8) is 0 Å². The fourth-order valence-corrected chi connectivity index (χ4v) is 8.92. The van der Waals surface area contributed by atoms with Crippen LogP contribution in [0.25, 0.3) is 59.4 Å². The lowest BCUT2D eigenvalue weighted by molar-refractivity contribution is -0.138. The first-order valence-corrected chi connectivity index (χ1v) is 21.1. The molecular formula is C56H28F10N4. The molecule has 0 fully saturated rings. The number of nitriles is 1. The summed E-state index contributed by atoms with van der Waals surface area (Å²) in [6, 6.07) is 39.4. The molecule has 0 aliphatic rings. The van der Waals surface area contributed by atoms with Gasteiger partial charge in [0, 0.05) is 45.4 Å². The van der Waals surface area contributed by atoms with Gasteiger partial charge in [-0.3, -0.25) is 0 Å². The summed E-state index contributed by atoms with van der Waals surface area (Å²) in [6.07, 6.45) is -9.48. The standard InChI is InChI=1S/C56H28F10N4/c1-68-38-14-18-40(19-15-38)70(52-29-46(58)44(27-48(52)60)35-5-3-7-37(25-35)56(64,65)66)50-23-13-33-10-20-41-49(22-12-32-11-21-42(50)54(33)53(32)41)69(39-16-8-31(30-67)9-17-39)51-28-45(57)43(26-47(51)59)34-4-2-6-36(24-34)55(61,62)63/h2-29H. The molecule has 0 radical (unpaired) electrons. The first-order valence-electron chi connectivity index (χ1n) is 21.1. The lowest BCUT2D eigenvalue weighted by Crippen LogP contribution is -2.14. The van der Waals surface area contributed by atoms with E-state index in [1.165, 1.54) is 58.3 Å². The molecular weight excluding hydrogens is 919 g/mol. The maximum absolute atomic E-state index is 16.8. The van der Waals surface area contributed by atoms with Gasteiger partial charge in [-0.05, 0) is 118 Å². The summed E-state index contributed by atoms with van der Waals surface area (Å²) >= 11 is 0. The van der Waals surface area contributed by atoms with Crippen molar-refractivity contribution in [3.8, 4) is 28.3 Å². The molecule has 0 atom stereocenters. The Labute approximate surface area is 391 Å². The van der Waals surface area contributed by atoms with E-state index in [4.69, 9.17) is 6.57 Å². The van der Waals surface area contributed by atoms with Crippen molar-refractivity contribution in [1.82, 2.24) is 0 Å².